The number of hydrogen-bond acceptors (Lipinski definition) is 4. The van der Waals surface area contributed by atoms with Crippen LogP contribution in [0.1, 0.15) is 76.7 Å². The number of rotatable bonds is 13. The molecule has 0 radical (unpaired) electrons. The number of unbranched alkanes of at least 4 members (excludes halogenated alkanes) is 9. The summed E-state index contributed by atoms with van der Waals surface area (Å²) in [6.45, 7) is 5.01. The van der Waals surface area contributed by atoms with Crippen LogP contribution >= 0.6 is 0 Å². The molecule has 150 valence electrons. The first-order valence-electron chi connectivity index (χ1n) is 10.5. The highest BCUT2D eigenvalue weighted by Crippen LogP contribution is 2.40. The molecular formula is C23H36N2O2. The van der Waals surface area contributed by atoms with Crippen LogP contribution in [-0.4, -0.2) is 18.7 Å². The maximum atomic E-state index is 6.13. The molecule has 0 fully saturated rings. The largest absolute Gasteiger partial charge is 0.493 e. The van der Waals surface area contributed by atoms with E-state index in [1.165, 1.54) is 57.8 Å². The zero-order valence-corrected chi connectivity index (χ0v) is 17.4. The van der Waals surface area contributed by atoms with Crippen molar-refractivity contribution in [1.29, 1.82) is 0 Å². The first-order chi connectivity index (χ1) is 13.2. The van der Waals surface area contributed by atoms with Gasteiger partial charge in [0.1, 0.15) is 0 Å². The van der Waals surface area contributed by atoms with Crippen LogP contribution in [0.4, 0.5) is 5.69 Å². The second-order valence-electron chi connectivity index (χ2n) is 7.38. The summed E-state index contributed by atoms with van der Waals surface area (Å²) >= 11 is 0. The Hall–Kier alpha value is -1.97. The molecule has 27 heavy (non-hydrogen) atoms. The van der Waals surface area contributed by atoms with Crippen molar-refractivity contribution in [3.05, 3.63) is 23.9 Å². The van der Waals surface area contributed by atoms with Crippen LogP contribution in [-0.2, 0) is 0 Å². The van der Waals surface area contributed by atoms with Crippen molar-refractivity contribution in [2.75, 3.05) is 19.5 Å². The van der Waals surface area contributed by atoms with E-state index >= 15 is 0 Å². The fraction of sp³-hybridized carbons (Fsp3) is 0.609. The van der Waals surface area contributed by atoms with Crippen LogP contribution in [0.25, 0.3) is 10.9 Å². The molecule has 0 saturated heterocycles. The highest BCUT2D eigenvalue weighted by Gasteiger charge is 2.15. The molecule has 1 aromatic carbocycles. The number of pyridine rings is 1. The molecule has 0 spiro atoms. The number of hydrogen-bond donors (Lipinski definition) is 1. The van der Waals surface area contributed by atoms with Gasteiger partial charge in [-0.2, -0.15) is 0 Å². The number of fused-ring (bicyclic) bond motifs is 1. The Morgan fingerprint density at radius 3 is 2.22 bits per heavy atom. The molecule has 0 aliphatic heterocycles. The van der Waals surface area contributed by atoms with E-state index in [0.29, 0.717) is 18.0 Å². The van der Waals surface area contributed by atoms with Gasteiger partial charge >= 0.3 is 0 Å². The Morgan fingerprint density at radius 1 is 0.963 bits per heavy atom. The minimum absolute atomic E-state index is 0.622. The van der Waals surface area contributed by atoms with Crippen molar-refractivity contribution < 1.29 is 9.47 Å². The lowest BCUT2D eigenvalue weighted by Crippen LogP contribution is -2.03. The van der Waals surface area contributed by atoms with Gasteiger partial charge < -0.3 is 15.2 Å². The van der Waals surface area contributed by atoms with Gasteiger partial charge in [-0.05, 0) is 25.0 Å². The van der Waals surface area contributed by atoms with Gasteiger partial charge in [-0.1, -0.05) is 64.7 Å². The van der Waals surface area contributed by atoms with Crippen LogP contribution in [0.5, 0.6) is 11.5 Å². The summed E-state index contributed by atoms with van der Waals surface area (Å²) in [5.74, 6) is 1.45. The maximum Gasteiger partial charge on any atom is 0.170 e. The number of aromatic nitrogens is 1. The Kier molecular flexibility index (Phi) is 9.23. The monoisotopic (exact) mass is 372 g/mol. The minimum Gasteiger partial charge on any atom is -0.493 e. The van der Waals surface area contributed by atoms with Crippen molar-refractivity contribution in [3.63, 3.8) is 0 Å². The Morgan fingerprint density at radius 2 is 1.59 bits per heavy atom. The van der Waals surface area contributed by atoms with Crippen molar-refractivity contribution in [1.82, 2.24) is 4.98 Å². The van der Waals surface area contributed by atoms with Gasteiger partial charge in [0.25, 0.3) is 0 Å². The average Bonchev–Trinajstić information content (AvgIpc) is 2.67. The van der Waals surface area contributed by atoms with Crippen molar-refractivity contribution in [3.8, 4) is 11.5 Å². The van der Waals surface area contributed by atoms with E-state index in [1.54, 1.807) is 13.3 Å². The molecule has 2 aromatic rings. The lowest BCUT2D eigenvalue weighted by molar-refractivity contribution is 0.288. The summed E-state index contributed by atoms with van der Waals surface area (Å²) in [6, 6.07) is 3.79. The topological polar surface area (TPSA) is 57.4 Å². The van der Waals surface area contributed by atoms with Gasteiger partial charge in [0, 0.05) is 12.3 Å². The van der Waals surface area contributed by atoms with Gasteiger partial charge in [0.15, 0.2) is 11.5 Å². The fourth-order valence-electron chi connectivity index (χ4n) is 3.52. The molecule has 0 aliphatic carbocycles. The van der Waals surface area contributed by atoms with Crippen LogP contribution in [0.3, 0.4) is 0 Å². The van der Waals surface area contributed by atoms with E-state index in [-0.39, 0.29) is 0 Å². The van der Waals surface area contributed by atoms with Gasteiger partial charge in [-0.15, -0.1) is 0 Å². The number of benzene rings is 1. The maximum absolute atomic E-state index is 6.13. The van der Waals surface area contributed by atoms with Crippen LogP contribution in [0.2, 0.25) is 0 Å². The third-order valence-corrected chi connectivity index (χ3v) is 5.13. The molecule has 2 rings (SSSR count). The predicted octanol–water partition coefficient (Wildman–Crippen LogP) is 6.43. The Bertz CT molecular complexity index is 700. The number of nitrogens with two attached hydrogens (primary N) is 1. The zero-order valence-electron chi connectivity index (χ0n) is 17.4. The van der Waals surface area contributed by atoms with Gasteiger partial charge in [0.2, 0.25) is 0 Å². The number of nitrogens with zero attached hydrogens (tertiary/aromatic N) is 1. The van der Waals surface area contributed by atoms with E-state index in [1.807, 2.05) is 12.1 Å². The zero-order chi connectivity index (χ0) is 19.5. The Labute approximate surface area is 164 Å². The van der Waals surface area contributed by atoms with Crippen molar-refractivity contribution in [2.45, 2.75) is 78.1 Å². The number of aryl methyl sites for hydroxylation is 1. The van der Waals surface area contributed by atoms with E-state index in [2.05, 4.69) is 18.8 Å². The second-order valence-corrected chi connectivity index (χ2v) is 7.38. The minimum atomic E-state index is 0.622. The molecule has 0 atom stereocenters. The lowest BCUT2D eigenvalue weighted by Gasteiger charge is -2.16. The molecule has 0 amide bonds. The quantitative estimate of drug-likeness (QED) is 0.325. The number of methoxy groups -OCH3 is 1. The summed E-state index contributed by atoms with van der Waals surface area (Å²) in [7, 11) is 1.65. The summed E-state index contributed by atoms with van der Waals surface area (Å²) in [5, 5.41) is 0.960. The Balaban J connectivity index is 1.79. The van der Waals surface area contributed by atoms with Crippen molar-refractivity contribution in [2.24, 2.45) is 0 Å². The molecule has 2 N–H and O–H groups in total. The normalized spacial score (nSPS) is 11.1. The molecule has 0 saturated carbocycles. The standard InChI is InChI=1S/C23H36N2O2/c1-4-5-6-7-8-9-10-11-12-13-16-27-23-20(26-3)17-19(24)22-21(23)18(2)14-15-25-22/h14-15,17H,4-13,16,24H2,1-3H3. The van der Waals surface area contributed by atoms with Gasteiger partial charge in [-0.25, -0.2) is 0 Å². The lowest BCUT2D eigenvalue weighted by atomic mass is 10.1. The molecule has 4 nitrogen and oxygen atoms in total. The number of anilines is 1. The number of ether oxygens (including phenoxy) is 2. The average molecular weight is 373 g/mol. The molecule has 0 unspecified atom stereocenters. The van der Waals surface area contributed by atoms with Crippen LogP contribution in [0.15, 0.2) is 18.3 Å². The SMILES string of the molecule is CCCCCCCCCCCCOc1c(OC)cc(N)c2nccc(C)c12. The predicted molar refractivity (Wildman–Crippen MR) is 115 cm³/mol. The fourth-order valence-corrected chi connectivity index (χ4v) is 3.52. The molecule has 1 heterocycles. The van der Waals surface area contributed by atoms with E-state index < -0.39 is 0 Å². The van der Waals surface area contributed by atoms with Crippen molar-refractivity contribution >= 4 is 16.6 Å². The second kappa shape index (κ2) is 11.7. The third-order valence-electron chi connectivity index (χ3n) is 5.13. The number of nitrogen functional groups attached to an aromatic ring is 1. The summed E-state index contributed by atoms with van der Waals surface area (Å²) < 4.78 is 11.6. The molecule has 0 aliphatic rings. The van der Waals surface area contributed by atoms with E-state index in [9.17, 15) is 0 Å². The highest BCUT2D eigenvalue weighted by molar-refractivity contribution is 5.98. The van der Waals surface area contributed by atoms with Gasteiger partial charge in [-0.3, -0.25) is 4.98 Å². The van der Waals surface area contributed by atoms with E-state index in [0.717, 1.165) is 28.6 Å². The highest BCUT2D eigenvalue weighted by atomic mass is 16.5. The van der Waals surface area contributed by atoms with E-state index in [4.69, 9.17) is 15.2 Å². The molecule has 1 aromatic heterocycles. The molecule has 4 heteroatoms. The van der Waals surface area contributed by atoms with Gasteiger partial charge in [0.05, 0.1) is 30.3 Å². The third kappa shape index (κ3) is 6.30. The molecule has 0 bridgehead atoms. The summed E-state index contributed by atoms with van der Waals surface area (Å²) in [5.41, 5.74) is 8.64. The van der Waals surface area contributed by atoms with Crippen LogP contribution < -0.4 is 15.2 Å². The smallest absolute Gasteiger partial charge is 0.170 e. The first-order valence-corrected chi connectivity index (χ1v) is 10.5. The summed E-state index contributed by atoms with van der Waals surface area (Å²) in [4.78, 5) is 4.42. The summed E-state index contributed by atoms with van der Waals surface area (Å²) in [6.07, 6.45) is 14.9. The molecular weight excluding hydrogens is 336 g/mol. The van der Waals surface area contributed by atoms with Crippen LogP contribution in [0, 0.1) is 6.92 Å². The first kappa shape index (κ1) is 21.3.